The molecule has 0 atom stereocenters. The van der Waals surface area contributed by atoms with Crippen LogP contribution in [0.1, 0.15) is 12.0 Å². The maximum absolute atomic E-state index is 12.0. The Morgan fingerprint density at radius 1 is 1.29 bits per heavy atom. The molecular weight excluding hydrogens is 304 g/mol. The van der Waals surface area contributed by atoms with E-state index in [1.54, 1.807) is 25.1 Å². The lowest BCUT2D eigenvalue weighted by molar-refractivity contribution is 0.576. The van der Waals surface area contributed by atoms with Crippen LogP contribution in [-0.4, -0.2) is 28.6 Å². The lowest BCUT2D eigenvalue weighted by atomic mass is 10.2. The van der Waals surface area contributed by atoms with E-state index in [9.17, 15) is 8.42 Å². The quantitative estimate of drug-likeness (QED) is 0.783. The van der Waals surface area contributed by atoms with Crippen LogP contribution in [0.15, 0.2) is 27.6 Å². The van der Waals surface area contributed by atoms with Crippen LogP contribution in [0.25, 0.3) is 0 Å². The molecule has 96 valence electrons. The minimum absolute atomic E-state index is 0.338. The van der Waals surface area contributed by atoms with E-state index < -0.39 is 10.0 Å². The standard InChI is InChI=1S/C11H17BrN2O2S/c1-9-8-10(12)4-5-11(9)17(15,16)14-7-3-6-13-2/h4-5,8,13-14H,3,6-7H2,1-2H3. The second-order valence-electron chi connectivity index (χ2n) is 3.76. The van der Waals surface area contributed by atoms with Crippen molar-refractivity contribution in [3.63, 3.8) is 0 Å². The molecule has 0 aliphatic carbocycles. The highest BCUT2D eigenvalue weighted by Gasteiger charge is 2.15. The zero-order chi connectivity index (χ0) is 12.9. The summed E-state index contributed by atoms with van der Waals surface area (Å²) in [4.78, 5) is 0.338. The molecule has 0 aromatic heterocycles. The van der Waals surface area contributed by atoms with Crippen molar-refractivity contribution in [2.75, 3.05) is 20.1 Å². The molecule has 0 aliphatic heterocycles. The maximum atomic E-state index is 12.0. The number of aryl methyl sites for hydroxylation is 1. The lowest BCUT2D eigenvalue weighted by Gasteiger charge is -2.09. The van der Waals surface area contributed by atoms with Gasteiger partial charge in [-0.3, -0.25) is 0 Å². The Kier molecular flexibility index (Phi) is 5.58. The fraction of sp³-hybridized carbons (Fsp3) is 0.455. The molecule has 0 bridgehead atoms. The topological polar surface area (TPSA) is 58.2 Å². The van der Waals surface area contributed by atoms with Gasteiger partial charge in [-0.15, -0.1) is 0 Å². The van der Waals surface area contributed by atoms with E-state index in [0.717, 1.165) is 23.0 Å². The first-order chi connectivity index (χ1) is 7.97. The molecule has 0 saturated carbocycles. The van der Waals surface area contributed by atoms with Crippen molar-refractivity contribution in [2.45, 2.75) is 18.2 Å². The Morgan fingerprint density at radius 2 is 2.00 bits per heavy atom. The van der Waals surface area contributed by atoms with Crippen molar-refractivity contribution in [3.8, 4) is 0 Å². The summed E-state index contributed by atoms with van der Waals surface area (Å²) >= 11 is 3.31. The van der Waals surface area contributed by atoms with Crippen molar-refractivity contribution in [1.29, 1.82) is 0 Å². The molecule has 6 heteroatoms. The van der Waals surface area contributed by atoms with Gasteiger partial charge < -0.3 is 5.32 Å². The smallest absolute Gasteiger partial charge is 0.240 e. The Bertz CT molecular complexity index is 474. The zero-order valence-corrected chi connectivity index (χ0v) is 12.4. The Hall–Kier alpha value is -0.430. The van der Waals surface area contributed by atoms with Crippen molar-refractivity contribution < 1.29 is 8.42 Å². The van der Waals surface area contributed by atoms with Gasteiger partial charge in [0.25, 0.3) is 0 Å². The third-order valence-corrected chi connectivity index (χ3v) is 4.44. The molecular formula is C11H17BrN2O2S. The van der Waals surface area contributed by atoms with Crippen LogP contribution in [0.2, 0.25) is 0 Å². The first-order valence-electron chi connectivity index (χ1n) is 5.38. The van der Waals surface area contributed by atoms with Crippen LogP contribution in [0.3, 0.4) is 0 Å². The van der Waals surface area contributed by atoms with Gasteiger partial charge in [0.15, 0.2) is 0 Å². The largest absolute Gasteiger partial charge is 0.320 e. The summed E-state index contributed by atoms with van der Waals surface area (Å²) < 4.78 is 27.4. The van der Waals surface area contributed by atoms with E-state index in [4.69, 9.17) is 0 Å². The van der Waals surface area contributed by atoms with E-state index in [1.807, 2.05) is 7.05 Å². The summed E-state index contributed by atoms with van der Waals surface area (Å²) in [5.41, 5.74) is 0.737. The predicted molar refractivity (Wildman–Crippen MR) is 72.6 cm³/mol. The molecule has 4 nitrogen and oxygen atoms in total. The second kappa shape index (κ2) is 6.49. The summed E-state index contributed by atoms with van der Waals surface area (Å²) in [7, 11) is -1.55. The van der Waals surface area contributed by atoms with Gasteiger partial charge in [-0.25, -0.2) is 13.1 Å². The highest BCUT2D eigenvalue weighted by molar-refractivity contribution is 9.10. The van der Waals surface area contributed by atoms with Crippen LogP contribution < -0.4 is 10.0 Å². The maximum Gasteiger partial charge on any atom is 0.240 e. The van der Waals surface area contributed by atoms with Crippen LogP contribution in [0.4, 0.5) is 0 Å². The Morgan fingerprint density at radius 3 is 2.59 bits per heavy atom. The SMILES string of the molecule is CNCCCNS(=O)(=O)c1ccc(Br)cc1C. The van der Waals surface area contributed by atoms with Gasteiger partial charge in [-0.1, -0.05) is 15.9 Å². The van der Waals surface area contributed by atoms with E-state index in [0.29, 0.717) is 11.4 Å². The third kappa shape index (κ3) is 4.39. The van der Waals surface area contributed by atoms with E-state index >= 15 is 0 Å². The molecule has 0 saturated heterocycles. The minimum atomic E-state index is -3.39. The first kappa shape index (κ1) is 14.6. The molecule has 0 heterocycles. The Labute approximate surface area is 111 Å². The van der Waals surface area contributed by atoms with E-state index in [2.05, 4.69) is 26.0 Å². The third-order valence-electron chi connectivity index (χ3n) is 2.32. The van der Waals surface area contributed by atoms with Crippen LogP contribution in [0.5, 0.6) is 0 Å². The molecule has 1 rings (SSSR count). The molecule has 0 radical (unpaired) electrons. The molecule has 0 fully saturated rings. The van der Waals surface area contributed by atoms with Gasteiger partial charge in [0, 0.05) is 11.0 Å². The van der Waals surface area contributed by atoms with Gasteiger partial charge >= 0.3 is 0 Å². The van der Waals surface area contributed by atoms with Gasteiger partial charge in [0.2, 0.25) is 10.0 Å². The molecule has 1 aromatic carbocycles. The monoisotopic (exact) mass is 320 g/mol. The number of hydrogen-bond acceptors (Lipinski definition) is 3. The van der Waals surface area contributed by atoms with Crippen molar-refractivity contribution in [2.24, 2.45) is 0 Å². The summed E-state index contributed by atoms with van der Waals surface area (Å²) in [6, 6.07) is 5.14. The van der Waals surface area contributed by atoms with Crippen LogP contribution in [0, 0.1) is 6.92 Å². The molecule has 2 N–H and O–H groups in total. The number of nitrogens with one attached hydrogen (secondary N) is 2. The summed E-state index contributed by atoms with van der Waals surface area (Å²) in [5, 5.41) is 2.97. The van der Waals surface area contributed by atoms with Crippen molar-refractivity contribution in [3.05, 3.63) is 28.2 Å². The van der Waals surface area contributed by atoms with Crippen molar-refractivity contribution in [1.82, 2.24) is 10.0 Å². The summed E-state index contributed by atoms with van der Waals surface area (Å²) in [6.07, 6.45) is 0.769. The molecule has 0 aliphatic rings. The highest BCUT2D eigenvalue weighted by Crippen LogP contribution is 2.19. The molecule has 0 amide bonds. The molecule has 0 unspecified atom stereocenters. The fourth-order valence-corrected chi connectivity index (χ4v) is 3.24. The van der Waals surface area contributed by atoms with Crippen LogP contribution in [-0.2, 0) is 10.0 Å². The number of rotatable bonds is 6. The van der Waals surface area contributed by atoms with Crippen molar-refractivity contribution >= 4 is 26.0 Å². The summed E-state index contributed by atoms with van der Waals surface area (Å²) in [6.45, 7) is 3.02. The van der Waals surface area contributed by atoms with Gasteiger partial charge in [0.05, 0.1) is 4.90 Å². The van der Waals surface area contributed by atoms with Crippen LogP contribution >= 0.6 is 15.9 Å². The molecule has 1 aromatic rings. The average Bonchev–Trinajstić information content (AvgIpc) is 2.24. The fourth-order valence-electron chi connectivity index (χ4n) is 1.46. The minimum Gasteiger partial charge on any atom is -0.320 e. The number of benzene rings is 1. The average molecular weight is 321 g/mol. The normalized spacial score (nSPS) is 11.7. The van der Waals surface area contributed by atoms with Gasteiger partial charge in [-0.05, 0) is 50.7 Å². The van der Waals surface area contributed by atoms with E-state index in [-0.39, 0.29) is 0 Å². The number of hydrogen-bond donors (Lipinski definition) is 2. The van der Waals surface area contributed by atoms with E-state index in [1.165, 1.54) is 0 Å². The molecule has 17 heavy (non-hydrogen) atoms. The predicted octanol–water partition coefficient (Wildman–Crippen LogP) is 1.65. The summed E-state index contributed by atoms with van der Waals surface area (Å²) in [5.74, 6) is 0. The highest BCUT2D eigenvalue weighted by atomic mass is 79.9. The number of sulfonamides is 1. The van der Waals surface area contributed by atoms with Gasteiger partial charge in [0.1, 0.15) is 0 Å². The van der Waals surface area contributed by atoms with Gasteiger partial charge in [-0.2, -0.15) is 0 Å². The zero-order valence-electron chi connectivity index (χ0n) is 9.96. The Balaban J connectivity index is 2.76. The molecule has 0 spiro atoms. The number of halogens is 1. The lowest BCUT2D eigenvalue weighted by Crippen LogP contribution is -2.27. The first-order valence-corrected chi connectivity index (χ1v) is 7.65. The second-order valence-corrected chi connectivity index (χ2v) is 6.42.